The lowest BCUT2D eigenvalue weighted by Crippen LogP contribution is -2.55. The summed E-state index contributed by atoms with van der Waals surface area (Å²) < 4.78 is 28.6. The van der Waals surface area contributed by atoms with Gasteiger partial charge >= 0.3 is 0 Å². The normalized spacial score (nSPS) is 20.8. The lowest BCUT2D eigenvalue weighted by Gasteiger charge is -2.31. The number of nitrogens with one attached hydrogen (secondary N) is 2. The van der Waals surface area contributed by atoms with Crippen molar-refractivity contribution in [2.24, 2.45) is 0 Å². The number of β-amino-alcohol motifs (C(OH)–C–C–N with tert-alkyl or cyclic N) is 1. The molecule has 3 N–H and O–H groups in total. The zero-order valence-electron chi connectivity index (χ0n) is 12.9. The fraction of sp³-hybridized carbons (Fsp3) is 0.375. The highest BCUT2D eigenvalue weighted by molar-refractivity contribution is 5.85. The SMILES string of the molecule is O=C(NCc1ccn(-c2c(F)cccc2F)n1)C1(O)CCCNC1. The summed E-state index contributed by atoms with van der Waals surface area (Å²) in [6.07, 6.45) is 2.52. The molecule has 0 saturated carbocycles. The molecule has 1 fully saturated rings. The lowest BCUT2D eigenvalue weighted by atomic mass is 9.93. The molecule has 1 unspecified atom stereocenters. The van der Waals surface area contributed by atoms with Crippen LogP contribution in [0.2, 0.25) is 0 Å². The van der Waals surface area contributed by atoms with Gasteiger partial charge in [-0.3, -0.25) is 4.79 Å². The maximum absolute atomic E-state index is 13.7. The minimum Gasteiger partial charge on any atom is -0.379 e. The first-order valence-corrected chi connectivity index (χ1v) is 7.70. The largest absolute Gasteiger partial charge is 0.379 e. The fourth-order valence-electron chi connectivity index (χ4n) is 2.71. The summed E-state index contributed by atoms with van der Waals surface area (Å²) in [4.78, 5) is 12.1. The Morgan fingerprint density at radius 1 is 1.38 bits per heavy atom. The number of para-hydroxylation sites is 1. The monoisotopic (exact) mass is 336 g/mol. The first kappa shape index (κ1) is 16.5. The molecule has 2 heterocycles. The van der Waals surface area contributed by atoms with Gasteiger partial charge in [0.2, 0.25) is 0 Å². The first-order valence-electron chi connectivity index (χ1n) is 7.70. The number of piperidine rings is 1. The molecule has 0 spiro atoms. The van der Waals surface area contributed by atoms with Gasteiger partial charge in [-0.2, -0.15) is 5.10 Å². The van der Waals surface area contributed by atoms with Crippen LogP contribution in [0.15, 0.2) is 30.5 Å². The molecule has 24 heavy (non-hydrogen) atoms. The highest BCUT2D eigenvalue weighted by Gasteiger charge is 2.36. The summed E-state index contributed by atoms with van der Waals surface area (Å²) in [7, 11) is 0. The van der Waals surface area contributed by atoms with Crippen LogP contribution in [0.25, 0.3) is 5.69 Å². The third-order valence-corrected chi connectivity index (χ3v) is 4.03. The second-order valence-corrected chi connectivity index (χ2v) is 5.82. The van der Waals surface area contributed by atoms with E-state index in [4.69, 9.17) is 0 Å². The number of hydrogen-bond acceptors (Lipinski definition) is 4. The maximum atomic E-state index is 13.7. The summed E-state index contributed by atoms with van der Waals surface area (Å²) >= 11 is 0. The number of carbonyl (C=O) groups excluding carboxylic acids is 1. The van der Waals surface area contributed by atoms with E-state index in [2.05, 4.69) is 15.7 Å². The fourth-order valence-corrected chi connectivity index (χ4v) is 2.71. The van der Waals surface area contributed by atoms with Crippen LogP contribution in [0, 0.1) is 11.6 Å². The molecule has 3 rings (SSSR count). The number of halogens is 2. The van der Waals surface area contributed by atoms with Crippen molar-refractivity contribution in [3.05, 3.63) is 47.8 Å². The van der Waals surface area contributed by atoms with Gasteiger partial charge in [0.1, 0.15) is 5.69 Å². The quantitative estimate of drug-likeness (QED) is 0.774. The third-order valence-electron chi connectivity index (χ3n) is 4.03. The Morgan fingerprint density at radius 3 is 2.79 bits per heavy atom. The zero-order chi connectivity index (χ0) is 17.2. The van der Waals surface area contributed by atoms with Gasteiger partial charge in [0.15, 0.2) is 17.2 Å². The van der Waals surface area contributed by atoms with Gasteiger partial charge in [-0.1, -0.05) is 6.07 Å². The van der Waals surface area contributed by atoms with E-state index in [0.717, 1.165) is 23.4 Å². The number of amides is 1. The summed E-state index contributed by atoms with van der Waals surface area (Å²) in [6.45, 7) is 1.03. The highest BCUT2D eigenvalue weighted by Crippen LogP contribution is 2.18. The van der Waals surface area contributed by atoms with E-state index in [1.165, 1.54) is 12.3 Å². The highest BCUT2D eigenvalue weighted by atomic mass is 19.1. The number of rotatable bonds is 4. The van der Waals surface area contributed by atoms with E-state index in [9.17, 15) is 18.7 Å². The molecule has 2 aromatic rings. The molecule has 0 bridgehead atoms. The van der Waals surface area contributed by atoms with E-state index < -0.39 is 23.1 Å². The molecule has 1 saturated heterocycles. The minimum absolute atomic E-state index is 0.0597. The molecule has 1 atom stereocenters. The van der Waals surface area contributed by atoms with Gasteiger partial charge in [-0.15, -0.1) is 0 Å². The summed E-state index contributed by atoms with van der Waals surface area (Å²) in [5, 5.41) is 19.9. The van der Waals surface area contributed by atoms with Gasteiger partial charge < -0.3 is 15.7 Å². The van der Waals surface area contributed by atoms with Crippen LogP contribution < -0.4 is 10.6 Å². The smallest absolute Gasteiger partial charge is 0.253 e. The first-order chi connectivity index (χ1) is 11.5. The van der Waals surface area contributed by atoms with Crippen LogP contribution >= 0.6 is 0 Å². The molecular formula is C16H18F2N4O2. The molecule has 6 nitrogen and oxygen atoms in total. The van der Waals surface area contributed by atoms with Gasteiger partial charge in [-0.05, 0) is 37.6 Å². The van der Waals surface area contributed by atoms with Crippen LogP contribution in [0.1, 0.15) is 18.5 Å². The third kappa shape index (κ3) is 3.29. The number of hydrogen-bond donors (Lipinski definition) is 3. The molecule has 1 aromatic heterocycles. The minimum atomic E-state index is -1.43. The standard InChI is InChI=1S/C16H18F2N4O2/c17-12-3-1-4-13(18)14(12)22-8-5-11(21-22)9-20-15(23)16(24)6-2-7-19-10-16/h1,3-5,8,19,24H,2,6-7,9-10H2,(H,20,23). The summed E-state index contributed by atoms with van der Waals surface area (Å²) in [6, 6.07) is 5.12. The second kappa shape index (κ2) is 6.66. The van der Waals surface area contributed by atoms with Crippen molar-refractivity contribution in [1.29, 1.82) is 0 Å². The Balaban J connectivity index is 1.67. The molecular weight excluding hydrogens is 318 g/mol. The number of nitrogens with zero attached hydrogens (tertiary/aromatic N) is 2. The van der Waals surface area contributed by atoms with Crippen molar-refractivity contribution >= 4 is 5.91 Å². The van der Waals surface area contributed by atoms with E-state index in [1.54, 1.807) is 6.07 Å². The Hall–Kier alpha value is -2.32. The van der Waals surface area contributed by atoms with Gasteiger partial charge in [0.05, 0.1) is 12.2 Å². The van der Waals surface area contributed by atoms with Crippen molar-refractivity contribution in [2.45, 2.75) is 25.0 Å². The van der Waals surface area contributed by atoms with Crippen molar-refractivity contribution in [1.82, 2.24) is 20.4 Å². The molecule has 0 radical (unpaired) electrons. The Kier molecular flexibility index (Phi) is 4.59. The molecule has 0 aliphatic carbocycles. The number of aromatic nitrogens is 2. The van der Waals surface area contributed by atoms with Crippen molar-refractivity contribution in [2.75, 3.05) is 13.1 Å². The van der Waals surface area contributed by atoms with Gasteiger partial charge in [0.25, 0.3) is 5.91 Å². The van der Waals surface area contributed by atoms with Crippen molar-refractivity contribution in [3.63, 3.8) is 0 Å². The lowest BCUT2D eigenvalue weighted by molar-refractivity contribution is -0.141. The summed E-state index contributed by atoms with van der Waals surface area (Å²) in [5.41, 5.74) is -1.28. The van der Waals surface area contributed by atoms with Crippen LogP contribution in [-0.2, 0) is 11.3 Å². The van der Waals surface area contributed by atoms with E-state index in [1.807, 2.05) is 0 Å². The van der Waals surface area contributed by atoms with E-state index in [0.29, 0.717) is 18.5 Å². The van der Waals surface area contributed by atoms with Gasteiger partial charge in [0, 0.05) is 12.7 Å². The molecule has 1 aliphatic rings. The maximum Gasteiger partial charge on any atom is 0.253 e. The van der Waals surface area contributed by atoms with Gasteiger partial charge in [-0.25, -0.2) is 13.5 Å². The topological polar surface area (TPSA) is 79.2 Å². The van der Waals surface area contributed by atoms with E-state index >= 15 is 0 Å². The number of benzene rings is 1. The van der Waals surface area contributed by atoms with Crippen molar-refractivity contribution < 1.29 is 18.7 Å². The van der Waals surface area contributed by atoms with E-state index in [-0.39, 0.29) is 18.8 Å². The average Bonchev–Trinajstić information content (AvgIpc) is 3.01. The van der Waals surface area contributed by atoms with Crippen LogP contribution in [0.5, 0.6) is 0 Å². The van der Waals surface area contributed by atoms with Crippen LogP contribution in [-0.4, -0.2) is 39.5 Å². The zero-order valence-corrected chi connectivity index (χ0v) is 12.9. The van der Waals surface area contributed by atoms with Crippen molar-refractivity contribution in [3.8, 4) is 5.69 Å². The predicted molar refractivity (Wildman–Crippen MR) is 82.4 cm³/mol. The second-order valence-electron chi connectivity index (χ2n) is 5.82. The molecule has 128 valence electrons. The van der Waals surface area contributed by atoms with Crippen LogP contribution in [0.3, 0.4) is 0 Å². The Bertz CT molecular complexity index is 721. The average molecular weight is 336 g/mol. The summed E-state index contributed by atoms with van der Waals surface area (Å²) in [5.74, 6) is -1.94. The molecule has 8 heteroatoms. The molecule has 1 amide bonds. The van der Waals surface area contributed by atoms with Crippen LogP contribution in [0.4, 0.5) is 8.78 Å². The number of carbonyl (C=O) groups is 1. The molecule has 1 aromatic carbocycles. The Labute approximate surface area is 137 Å². The Morgan fingerprint density at radius 2 is 2.12 bits per heavy atom. The number of aliphatic hydroxyl groups is 1. The predicted octanol–water partition coefficient (Wildman–Crippen LogP) is 0.881. The molecule has 1 aliphatic heterocycles.